The second-order valence-corrected chi connectivity index (χ2v) is 6.40. The lowest BCUT2D eigenvalue weighted by Crippen LogP contribution is -2.24. The second-order valence-electron chi connectivity index (χ2n) is 5.99. The molecule has 0 radical (unpaired) electrons. The molecule has 0 atom stereocenters. The molecule has 0 aliphatic carbocycles. The van der Waals surface area contributed by atoms with E-state index in [1.807, 2.05) is 0 Å². The molecule has 2 aromatic carbocycles. The van der Waals surface area contributed by atoms with Crippen molar-refractivity contribution in [3.63, 3.8) is 0 Å². The molecule has 3 rings (SSSR count). The quantitative estimate of drug-likeness (QED) is 0.250. The molecule has 0 unspecified atom stereocenters. The maximum Gasteiger partial charge on any atom is 0.289 e. The fourth-order valence-corrected chi connectivity index (χ4v) is 2.77. The van der Waals surface area contributed by atoms with Gasteiger partial charge in [0.15, 0.2) is 0 Å². The Kier molecular flexibility index (Phi) is 6.16. The minimum Gasteiger partial charge on any atom is -0.490 e. The molecule has 8 nitrogen and oxygen atoms in total. The van der Waals surface area contributed by atoms with Crippen LogP contribution in [0.2, 0.25) is 5.02 Å². The van der Waals surface area contributed by atoms with E-state index in [2.05, 4.69) is 4.98 Å². The van der Waals surface area contributed by atoms with E-state index < -0.39 is 11.7 Å². The number of benzene rings is 2. The Labute approximate surface area is 171 Å². The zero-order chi connectivity index (χ0) is 21.0. The van der Waals surface area contributed by atoms with Crippen molar-refractivity contribution >= 4 is 39.9 Å². The van der Waals surface area contributed by atoms with Gasteiger partial charge in [-0.25, -0.2) is 0 Å². The highest BCUT2D eigenvalue weighted by Crippen LogP contribution is 2.35. The summed E-state index contributed by atoms with van der Waals surface area (Å²) in [6, 6.07) is 9.48. The Morgan fingerprint density at radius 2 is 1.90 bits per heavy atom. The Morgan fingerprint density at radius 1 is 1.10 bits per heavy atom. The molecule has 3 aromatic rings. The number of ketones is 1. The molecular weight excluding hydrogens is 398 g/mol. The van der Waals surface area contributed by atoms with Crippen LogP contribution in [0.25, 0.3) is 10.9 Å². The van der Waals surface area contributed by atoms with Crippen molar-refractivity contribution in [3.8, 4) is 17.2 Å². The summed E-state index contributed by atoms with van der Waals surface area (Å²) in [7, 11) is 1.52. The number of rotatable bonds is 8. The van der Waals surface area contributed by atoms with Crippen molar-refractivity contribution < 1.29 is 23.8 Å². The fourth-order valence-electron chi connectivity index (χ4n) is 2.60. The van der Waals surface area contributed by atoms with E-state index in [0.717, 1.165) is 0 Å². The minimum atomic E-state index is -1.10. The van der Waals surface area contributed by atoms with Crippen LogP contribution in [-0.2, 0) is 9.53 Å². The van der Waals surface area contributed by atoms with Crippen molar-refractivity contribution in [1.82, 2.24) is 4.98 Å². The normalized spacial score (nSPS) is 10.7. The number of aromatic nitrogens is 1. The van der Waals surface area contributed by atoms with E-state index in [-0.39, 0.29) is 17.9 Å². The van der Waals surface area contributed by atoms with Gasteiger partial charge in [0.05, 0.1) is 28.4 Å². The van der Waals surface area contributed by atoms with Gasteiger partial charge in [-0.15, -0.1) is 0 Å². The molecule has 0 saturated heterocycles. The molecular formula is C20H18ClN3O5. The topological polar surface area (TPSA) is 127 Å². The number of amides is 1. The van der Waals surface area contributed by atoms with Crippen LogP contribution in [0.1, 0.15) is 10.4 Å². The van der Waals surface area contributed by atoms with Crippen molar-refractivity contribution in [1.29, 1.82) is 0 Å². The smallest absolute Gasteiger partial charge is 0.289 e. The van der Waals surface area contributed by atoms with Crippen LogP contribution < -0.4 is 20.9 Å². The summed E-state index contributed by atoms with van der Waals surface area (Å²) < 4.78 is 16.4. The monoisotopic (exact) mass is 415 g/mol. The second kappa shape index (κ2) is 8.76. The molecule has 0 aliphatic heterocycles. The molecule has 0 aliphatic rings. The van der Waals surface area contributed by atoms with Gasteiger partial charge in [-0.3, -0.25) is 14.6 Å². The lowest BCUT2D eigenvalue weighted by Gasteiger charge is -2.14. The van der Waals surface area contributed by atoms with Crippen LogP contribution in [0.4, 0.5) is 5.69 Å². The first-order valence-electron chi connectivity index (χ1n) is 8.52. The van der Waals surface area contributed by atoms with Crippen LogP contribution in [0.5, 0.6) is 17.2 Å². The van der Waals surface area contributed by atoms with Gasteiger partial charge in [-0.2, -0.15) is 0 Å². The van der Waals surface area contributed by atoms with Gasteiger partial charge in [0.1, 0.15) is 23.9 Å². The number of methoxy groups -OCH3 is 1. The fraction of sp³-hybridized carbons (Fsp3) is 0.150. The minimum absolute atomic E-state index is 0.00860. The third kappa shape index (κ3) is 4.56. The molecule has 1 amide bonds. The number of nitrogen functional groups attached to an aromatic ring is 1. The van der Waals surface area contributed by atoms with Gasteiger partial charge in [0, 0.05) is 30.8 Å². The number of pyridine rings is 1. The first-order valence-corrected chi connectivity index (χ1v) is 8.90. The Bertz CT molecular complexity index is 1090. The number of hydrogen-bond acceptors (Lipinski definition) is 7. The van der Waals surface area contributed by atoms with Crippen LogP contribution in [0, 0.1) is 0 Å². The maximum absolute atomic E-state index is 12.3. The SMILES string of the molecule is COCCOc1cc2nccc(Oc3ccc(N)c(Cl)c3)c2cc1C(=O)C(N)=O. The summed E-state index contributed by atoms with van der Waals surface area (Å²) in [4.78, 5) is 28.1. The molecule has 0 saturated carbocycles. The molecule has 4 N–H and O–H groups in total. The van der Waals surface area contributed by atoms with E-state index in [9.17, 15) is 9.59 Å². The highest BCUT2D eigenvalue weighted by molar-refractivity contribution is 6.43. The molecule has 1 aromatic heterocycles. The standard InChI is InChI=1S/C20H18ClN3O5/c1-27-6-7-28-18-10-16-12(9-13(18)19(25)20(23)26)17(4-5-24-16)29-11-2-3-15(22)14(21)8-11/h2-5,8-10H,6-7,22H2,1H3,(H2,23,26). The van der Waals surface area contributed by atoms with Gasteiger partial charge in [0.2, 0.25) is 0 Å². The third-order valence-corrected chi connectivity index (χ3v) is 4.34. The number of carbonyl (C=O) groups excluding carboxylic acids is 2. The lowest BCUT2D eigenvalue weighted by atomic mass is 10.0. The Balaban J connectivity index is 2.07. The third-order valence-electron chi connectivity index (χ3n) is 4.02. The van der Waals surface area contributed by atoms with Crippen LogP contribution in [0.15, 0.2) is 42.6 Å². The van der Waals surface area contributed by atoms with E-state index in [1.165, 1.54) is 13.2 Å². The molecule has 0 fully saturated rings. The lowest BCUT2D eigenvalue weighted by molar-refractivity contribution is -0.114. The van der Waals surface area contributed by atoms with Crippen LogP contribution in [-0.4, -0.2) is 37.0 Å². The number of primary amides is 1. The number of hydrogen-bond donors (Lipinski definition) is 2. The molecule has 1 heterocycles. The molecule has 0 bridgehead atoms. The average Bonchev–Trinajstić information content (AvgIpc) is 2.70. The number of nitrogens with two attached hydrogens (primary N) is 2. The predicted octanol–water partition coefficient (Wildman–Crippen LogP) is 2.96. The van der Waals surface area contributed by atoms with Gasteiger partial charge in [0.25, 0.3) is 11.7 Å². The average molecular weight is 416 g/mol. The predicted molar refractivity (Wildman–Crippen MR) is 109 cm³/mol. The number of nitrogens with zero attached hydrogens (tertiary/aromatic N) is 1. The number of carbonyl (C=O) groups is 2. The molecule has 0 spiro atoms. The van der Waals surface area contributed by atoms with E-state index in [4.69, 9.17) is 37.3 Å². The number of Topliss-reactive ketones (excluding diaryl/α,β-unsaturated/α-hetero) is 1. The zero-order valence-corrected chi connectivity index (χ0v) is 16.2. The Hall–Kier alpha value is -3.36. The summed E-state index contributed by atoms with van der Waals surface area (Å²) in [6.45, 7) is 0.484. The van der Waals surface area contributed by atoms with Crippen molar-refractivity contribution in [2.45, 2.75) is 0 Å². The van der Waals surface area contributed by atoms with Gasteiger partial charge in [-0.1, -0.05) is 11.6 Å². The molecule has 29 heavy (non-hydrogen) atoms. The van der Waals surface area contributed by atoms with Gasteiger partial charge >= 0.3 is 0 Å². The number of anilines is 1. The van der Waals surface area contributed by atoms with E-state index in [1.54, 1.807) is 36.5 Å². The van der Waals surface area contributed by atoms with E-state index in [0.29, 0.717) is 39.7 Å². The number of fused-ring (bicyclic) bond motifs is 1. The number of ether oxygens (including phenoxy) is 3. The van der Waals surface area contributed by atoms with Gasteiger partial charge in [-0.05, 0) is 24.3 Å². The molecule has 9 heteroatoms. The van der Waals surface area contributed by atoms with Crippen molar-refractivity contribution in [2.75, 3.05) is 26.1 Å². The summed E-state index contributed by atoms with van der Waals surface area (Å²) >= 11 is 6.04. The summed E-state index contributed by atoms with van der Waals surface area (Å²) in [6.07, 6.45) is 1.55. The van der Waals surface area contributed by atoms with E-state index >= 15 is 0 Å². The highest BCUT2D eigenvalue weighted by atomic mass is 35.5. The highest BCUT2D eigenvalue weighted by Gasteiger charge is 2.21. The first kappa shape index (κ1) is 20.4. The summed E-state index contributed by atoms with van der Waals surface area (Å²) in [5.41, 5.74) is 11.8. The molecule has 150 valence electrons. The van der Waals surface area contributed by atoms with Gasteiger partial charge < -0.3 is 25.7 Å². The maximum atomic E-state index is 12.3. The Morgan fingerprint density at radius 3 is 2.59 bits per heavy atom. The van der Waals surface area contributed by atoms with Crippen LogP contribution in [0.3, 0.4) is 0 Å². The first-order chi connectivity index (χ1) is 13.9. The van der Waals surface area contributed by atoms with Crippen LogP contribution >= 0.6 is 11.6 Å². The summed E-state index contributed by atoms with van der Waals surface area (Å²) in [5, 5.41) is 0.837. The zero-order valence-electron chi connectivity index (χ0n) is 15.5. The van der Waals surface area contributed by atoms with Crippen molar-refractivity contribution in [3.05, 3.63) is 53.2 Å². The number of halogens is 1. The summed E-state index contributed by atoms with van der Waals surface area (Å²) in [5.74, 6) is -0.960. The van der Waals surface area contributed by atoms with Crippen molar-refractivity contribution in [2.24, 2.45) is 5.73 Å². The largest absolute Gasteiger partial charge is 0.490 e.